The zero-order chi connectivity index (χ0) is 12.7. The van der Waals surface area contributed by atoms with Gasteiger partial charge < -0.3 is 10.2 Å². The van der Waals surface area contributed by atoms with E-state index in [1.807, 2.05) is 12.1 Å². The lowest BCUT2D eigenvalue weighted by molar-refractivity contribution is 0.620. The van der Waals surface area contributed by atoms with E-state index in [0.29, 0.717) is 32.7 Å². The number of nitrogen functional groups attached to an aromatic ring is 1. The largest absolute Gasteiger partial charge is 0.436 e. The average molecular weight is 279 g/mol. The Morgan fingerprint density at radius 1 is 1.11 bits per heavy atom. The lowest BCUT2D eigenvalue weighted by atomic mass is 10.2. The molecule has 3 nitrogen and oxygen atoms in total. The van der Waals surface area contributed by atoms with E-state index in [4.69, 9.17) is 33.4 Å². The van der Waals surface area contributed by atoms with Gasteiger partial charge in [0.1, 0.15) is 5.52 Å². The second-order valence-electron chi connectivity index (χ2n) is 3.87. The van der Waals surface area contributed by atoms with E-state index in [2.05, 4.69) is 4.98 Å². The molecule has 3 aromatic rings. The molecule has 0 aliphatic rings. The van der Waals surface area contributed by atoms with Crippen LogP contribution in [0.1, 0.15) is 0 Å². The first-order valence-corrected chi connectivity index (χ1v) is 6.00. The van der Waals surface area contributed by atoms with Gasteiger partial charge in [0, 0.05) is 16.7 Å². The van der Waals surface area contributed by atoms with Gasteiger partial charge in [-0.15, -0.1) is 0 Å². The highest BCUT2D eigenvalue weighted by molar-refractivity contribution is 6.33. The van der Waals surface area contributed by atoms with Crippen LogP contribution < -0.4 is 5.73 Å². The van der Waals surface area contributed by atoms with Crippen LogP contribution in [-0.2, 0) is 0 Å². The summed E-state index contributed by atoms with van der Waals surface area (Å²) in [6.07, 6.45) is 0. The number of nitrogens with zero attached hydrogens (tertiary/aromatic N) is 1. The van der Waals surface area contributed by atoms with Crippen molar-refractivity contribution < 1.29 is 4.42 Å². The van der Waals surface area contributed by atoms with Gasteiger partial charge in [-0.05, 0) is 24.3 Å². The molecule has 0 atom stereocenters. The lowest BCUT2D eigenvalue weighted by Crippen LogP contribution is -1.84. The molecule has 0 amide bonds. The van der Waals surface area contributed by atoms with Crippen molar-refractivity contribution >= 4 is 40.0 Å². The average Bonchev–Trinajstić information content (AvgIpc) is 2.73. The molecule has 1 heterocycles. The maximum atomic E-state index is 5.94. The fraction of sp³-hybridized carbons (Fsp3) is 0. The molecule has 0 bridgehead atoms. The zero-order valence-electron chi connectivity index (χ0n) is 9.15. The van der Waals surface area contributed by atoms with Gasteiger partial charge in [-0.3, -0.25) is 0 Å². The van der Waals surface area contributed by atoms with Crippen LogP contribution in [0.15, 0.2) is 40.8 Å². The van der Waals surface area contributed by atoms with E-state index < -0.39 is 0 Å². The summed E-state index contributed by atoms with van der Waals surface area (Å²) in [5.74, 6) is 0.495. The molecule has 0 aliphatic carbocycles. The first-order valence-electron chi connectivity index (χ1n) is 5.25. The van der Waals surface area contributed by atoms with Crippen molar-refractivity contribution in [3.63, 3.8) is 0 Å². The Labute approximate surface area is 113 Å². The van der Waals surface area contributed by atoms with Crippen LogP contribution in [-0.4, -0.2) is 4.98 Å². The molecular weight excluding hydrogens is 271 g/mol. The molecule has 0 saturated heterocycles. The van der Waals surface area contributed by atoms with Crippen molar-refractivity contribution in [3.8, 4) is 11.5 Å². The minimum atomic E-state index is 0.466. The molecule has 2 N–H and O–H groups in total. The van der Waals surface area contributed by atoms with Crippen molar-refractivity contribution in [1.82, 2.24) is 4.98 Å². The van der Waals surface area contributed by atoms with Gasteiger partial charge in [0.15, 0.2) is 5.58 Å². The first kappa shape index (κ1) is 11.4. The number of benzene rings is 2. The van der Waals surface area contributed by atoms with Gasteiger partial charge >= 0.3 is 0 Å². The van der Waals surface area contributed by atoms with Crippen molar-refractivity contribution in [3.05, 3.63) is 46.4 Å². The van der Waals surface area contributed by atoms with Gasteiger partial charge in [-0.2, -0.15) is 0 Å². The number of nitrogens with two attached hydrogens (primary N) is 1. The molecule has 0 saturated carbocycles. The summed E-state index contributed by atoms with van der Waals surface area (Å²) in [5, 5.41) is 1.10. The summed E-state index contributed by atoms with van der Waals surface area (Å²) in [4.78, 5) is 4.36. The minimum absolute atomic E-state index is 0.466. The molecule has 0 aliphatic heterocycles. The number of fused-ring (bicyclic) bond motifs is 1. The predicted molar refractivity (Wildman–Crippen MR) is 73.9 cm³/mol. The highest BCUT2D eigenvalue weighted by Crippen LogP contribution is 2.30. The number of halogens is 2. The Kier molecular flexibility index (Phi) is 2.65. The molecule has 3 rings (SSSR count). The number of aromatic nitrogens is 1. The minimum Gasteiger partial charge on any atom is -0.436 e. The molecule has 2 aromatic carbocycles. The van der Waals surface area contributed by atoms with Gasteiger partial charge in [0.05, 0.1) is 10.7 Å². The van der Waals surface area contributed by atoms with Crippen LogP contribution in [0.2, 0.25) is 10.0 Å². The molecule has 0 fully saturated rings. The number of hydrogen-bond acceptors (Lipinski definition) is 3. The molecule has 18 heavy (non-hydrogen) atoms. The normalized spacial score (nSPS) is 11.0. The third kappa shape index (κ3) is 1.92. The topological polar surface area (TPSA) is 52.0 Å². The van der Waals surface area contributed by atoms with Crippen LogP contribution in [0.5, 0.6) is 0 Å². The summed E-state index contributed by atoms with van der Waals surface area (Å²) >= 11 is 11.9. The van der Waals surface area contributed by atoms with Crippen molar-refractivity contribution in [1.29, 1.82) is 0 Å². The predicted octanol–water partition coefficient (Wildman–Crippen LogP) is 4.38. The SMILES string of the molecule is Nc1cc2oc(-c3cccc(Cl)c3)nc2cc1Cl. The summed E-state index contributed by atoms with van der Waals surface area (Å²) in [6.45, 7) is 0. The summed E-state index contributed by atoms with van der Waals surface area (Å²) in [7, 11) is 0. The molecule has 0 radical (unpaired) electrons. The van der Waals surface area contributed by atoms with Crippen LogP contribution in [0.25, 0.3) is 22.6 Å². The van der Waals surface area contributed by atoms with Crippen LogP contribution in [0, 0.1) is 0 Å². The number of hydrogen-bond donors (Lipinski definition) is 1. The summed E-state index contributed by atoms with van der Waals surface area (Å²) in [6, 6.07) is 10.7. The van der Waals surface area contributed by atoms with E-state index >= 15 is 0 Å². The number of anilines is 1. The third-order valence-corrected chi connectivity index (χ3v) is 3.14. The molecule has 1 aromatic heterocycles. The van der Waals surface area contributed by atoms with Crippen LogP contribution >= 0.6 is 23.2 Å². The maximum Gasteiger partial charge on any atom is 0.227 e. The third-order valence-electron chi connectivity index (χ3n) is 2.58. The molecule has 0 unspecified atom stereocenters. The Morgan fingerprint density at radius 3 is 2.72 bits per heavy atom. The number of rotatable bonds is 1. The van der Waals surface area contributed by atoms with Crippen molar-refractivity contribution in [2.45, 2.75) is 0 Å². The standard InChI is InChI=1S/C13H8Cl2N2O/c14-8-3-1-2-7(4-8)13-17-11-5-9(15)10(16)6-12(11)18-13/h1-6H,16H2. The zero-order valence-corrected chi connectivity index (χ0v) is 10.7. The Balaban J connectivity index is 2.19. The molecule has 90 valence electrons. The fourth-order valence-electron chi connectivity index (χ4n) is 1.71. The van der Waals surface area contributed by atoms with Gasteiger partial charge in [-0.25, -0.2) is 4.98 Å². The molecule has 5 heteroatoms. The van der Waals surface area contributed by atoms with E-state index in [1.54, 1.807) is 24.3 Å². The van der Waals surface area contributed by atoms with Crippen molar-refractivity contribution in [2.24, 2.45) is 0 Å². The van der Waals surface area contributed by atoms with Gasteiger partial charge in [0.2, 0.25) is 5.89 Å². The van der Waals surface area contributed by atoms with E-state index in [0.717, 1.165) is 5.56 Å². The van der Waals surface area contributed by atoms with Crippen LogP contribution in [0.4, 0.5) is 5.69 Å². The second-order valence-corrected chi connectivity index (χ2v) is 4.71. The molecule has 0 spiro atoms. The smallest absolute Gasteiger partial charge is 0.227 e. The Morgan fingerprint density at radius 2 is 1.94 bits per heavy atom. The Bertz CT molecular complexity index is 698. The van der Waals surface area contributed by atoms with Crippen molar-refractivity contribution in [2.75, 3.05) is 5.73 Å². The van der Waals surface area contributed by atoms with E-state index in [9.17, 15) is 0 Å². The summed E-state index contributed by atoms with van der Waals surface area (Å²) in [5.41, 5.74) is 8.27. The summed E-state index contributed by atoms with van der Waals surface area (Å²) < 4.78 is 5.64. The first-order chi connectivity index (χ1) is 8.63. The molecular formula is C13H8Cl2N2O. The highest BCUT2D eigenvalue weighted by Gasteiger charge is 2.10. The maximum absolute atomic E-state index is 5.94. The van der Waals surface area contributed by atoms with Crippen LogP contribution in [0.3, 0.4) is 0 Å². The van der Waals surface area contributed by atoms with Gasteiger partial charge in [0.25, 0.3) is 0 Å². The highest BCUT2D eigenvalue weighted by atomic mass is 35.5. The number of oxazole rings is 1. The second kappa shape index (κ2) is 4.19. The fourth-order valence-corrected chi connectivity index (χ4v) is 2.06. The monoisotopic (exact) mass is 278 g/mol. The Hall–Kier alpha value is -1.71. The van der Waals surface area contributed by atoms with Gasteiger partial charge in [-0.1, -0.05) is 29.3 Å². The van der Waals surface area contributed by atoms with E-state index in [-0.39, 0.29) is 0 Å². The van der Waals surface area contributed by atoms with E-state index in [1.165, 1.54) is 0 Å². The quantitative estimate of drug-likeness (QED) is 0.672. The lowest BCUT2D eigenvalue weighted by Gasteiger charge is -1.95.